The van der Waals surface area contributed by atoms with Gasteiger partial charge in [-0.15, -0.1) is 0 Å². The fourth-order valence-electron chi connectivity index (χ4n) is 2.50. The molecular formula is C22H28MnN2O8. The topological polar surface area (TPSA) is 132 Å². The van der Waals surface area contributed by atoms with Gasteiger partial charge < -0.3 is 34.7 Å². The standard InChI is InChI=1S/C20H24N2O6.C2H4O2.Mn/c1-25-13-7-17(23)15(19(9-13)27-3)11-21-5-6-22-12-16-18(24)8-14(26-2)10-20(16)28-4;1-2(3)4;/h7-12,21-22H,5-6H2,1-4H3;1H3,(H,3,4);/b15-11+,16-12+;;. The summed E-state index contributed by atoms with van der Waals surface area (Å²) in [4.78, 5) is 33.3. The van der Waals surface area contributed by atoms with Crippen molar-refractivity contribution in [2.24, 2.45) is 0 Å². The average Bonchev–Trinajstić information content (AvgIpc) is 2.76. The first-order valence-electron chi connectivity index (χ1n) is 9.46. The molecule has 10 nitrogen and oxygen atoms in total. The van der Waals surface area contributed by atoms with E-state index in [1.165, 1.54) is 40.6 Å². The molecule has 0 bridgehead atoms. The number of nitrogens with one attached hydrogen (secondary N) is 2. The summed E-state index contributed by atoms with van der Waals surface area (Å²) >= 11 is 0. The summed E-state index contributed by atoms with van der Waals surface area (Å²) in [6.07, 6.45) is 9.27. The molecule has 0 aromatic heterocycles. The molecule has 2 aliphatic carbocycles. The second-order valence-corrected chi connectivity index (χ2v) is 6.20. The van der Waals surface area contributed by atoms with Crippen molar-refractivity contribution in [3.8, 4) is 0 Å². The minimum Gasteiger partial charge on any atom is -0.496 e. The van der Waals surface area contributed by atoms with E-state index in [1.54, 1.807) is 24.6 Å². The summed E-state index contributed by atoms with van der Waals surface area (Å²) in [6, 6.07) is 0. The average molecular weight is 503 g/mol. The Morgan fingerprint density at radius 2 is 1.12 bits per heavy atom. The van der Waals surface area contributed by atoms with E-state index >= 15 is 0 Å². The van der Waals surface area contributed by atoms with E-state index in [-0.39, 0.29) is 28.6 Å². The Hall–Kier alpha value is -3.43. The maximum absolute atomic E-state index is 12.1. The van der Waals surface area contributed by atoms with E-state index in [2.05, 4.69) is 10.6 Å². The van der Waals surface area contributed by atoms with Crippen LogP contribution in [0, 0.1) is 0 Å². The number of carbonyl (C=O) groups is 3. The molecule has 0 amide bonds. The van der Waals surface area contributed by atoms with Crippen LogP contribution in [0.1, 0.15) is 6.92 Å². The third-order valence-electron chi connectivity index (χ3n) is 3.97. The fourth-order valence-corrected chi connectivity index (χ4v) is 2.50. The number of rotatable bonds is 9. The van der Waals surface area contributed by atoms with E-state index in [4.69, 9.17) is 28.8 Å². The molecule has 0 unspecified atom stereocenters. The maximum atomic E-state index is 12.1. The van der Waals surface area contributed by atoms with Crippen LogP contribution in [0.25, 0.3) is 0 Å². The molecule has 0 saturated carbocycles. The first kappa shape index (κ1) is 29.6. The van der Waals surface area contributed by atoms with Crippen LogP contribution in [0.4, 0.5) is 0 Å². The number of hydrogen-bond acceptors (Lipinski definition) is 9. The van der Waals surface area contributed by atoms with Crippen molar-refractivity contribution in [2.45, 2.75) is 6.92 Å². The Labute approximate surface area is 203 Å². The Kier molecular flexibility index (Phi) is 13.8. The van der Waals surface area contributed by atoms with Crippen LogP contribution in [0.5, 0.6) is 0 Å². The first-order valence-corrected chi connectivity index (χ1v) is 9.46. The Morgan fingerprint density at radius 3 is 1.39 bits per heavy atom. The molecule has 181 valence electrons. The third kappa shape index (κ3) is 9.71. The number of hydrogen-bond donors (Lipinski definition) is 3. The molecule has 33 heavy (non-hydrogen) atoms. The summed E-state index contributed by atoms with van der Waals surface area (Å²) in [6.45, 7) is 2.11. The molecule has 0 saturated heterocycles. The van der Waals surface area contributed by atoms with Crippen LogP contribution in [0.15, 0.2) is 70.9 Å². The molecule has 1 radical (unpaired) electrons. The number of carbonyl (C=O) groups excluding carboxylic acids is 2. The second kappa shape index (κ2) is 15.4. The van der Waals surface area contributed by atoms with Gasteiger partial charge in [0.25, 0.3) is 5.97 Å². The van der Waals surface area contributed by atoms with Crippen LogP contribution in [-0.4, -0.2) is 64.2 Å². The molecule has 0 aromatic carbocycles. The minimum atomic E-state index is -0.833. The molecule has 0 aliphatic heterocycles. The van der Waals surface area contributed by atoms with Gasteiger partial charge in [0.15, 0.2) is 11.6 Å². The van der Waals surface area contributed by atoms with Gasteiger partial charge in [0, 0.05) is 73.8 Å². The van der Waals surface area contributed by atoms with E-state index in [1.807, 2.05) is 0 Å². The zero-order valence-corrected chi connectivity index (χ0v) is 20.2. The summed E-state index contributed by atoms with van der Waals surface area (Å²) < 4.78 is 20.6. The van der Waals surface area contributed by atoms with Gasteiger partial charge in [-0.2, -0.15) is 0 Å². The molecule has 2 aliphatic rings. The van der Waals surface area contributed by atoms with Gasteiger partial charge >= 0.3 is 0 Å². The monoisotopic (exact) mass is 503 g/mol. The van der Waals surface area contributed by atoms with Gasteiger partial charge in [-0.1, -0.05) is 0 Å². The van der Waals surface area contributed by atoms with Gasteiger partial charge in [-0.25, -0.2) is 0 Å². The zero-order valence-electron chi connectivity index (χ0n) is 19.1. The molecule has 2 rings (SSSR count). The van der Waals surface area contributed by atoms with Crippen molar-refractivity contribution in [2.75, 3.05) is 41.5 Å². The quantitative estimate of drug-likeness (QED) is 0.240. The summed E-state index contributed by atoms with van der Waals surface area (Å²) in [7, 11) is 5.96. The number of carboxylic acid groups (broad SMARTS) is 1. The van der Waals surface area contributed by atoms with E-state index in [0.717, 1.165) is 6.92 Å². The smallest absolute Gasteiger partial charge is 0.300 e. The predicted molar refractivity (Wildman–Crippen MR) is 116 cm³/mol. The molecule has 0 aromatic rings. The first-order chi connectivity index (χ1) is 15.3. The van der Waals surface area contributed by atoms with Crippen molar-refractivity contribution in [1.29, 1.82) is 0 Å². The van der Waals surface area contributed by atoms with Crippen LogP contribution >= 0.6 is 0 Å². The van der Waals surface area contributed by atoms with Crippen molar-refractivity contribution in [1.82, 2.24) is 10.6 Å². The molecule has 0 spiro atoms. The van der Waals surface area contributed by atoms with Gasteiger partial charge in [0.05, 0.1) is 39.6 Å². The van der Waals surface area contributed by atoms with E-state index in [0.29, 0.717) is 47.3 Å². The Bertz CT molecular complexity index is 841. The number of carboxylic acids is 1. The Morgan fingerprint density at radius 1 is 0.788 bits per heavy atom. The van der Waals surface area contributed by atoms with E-state index in [9.17, 15) is 9.59 Å². The summed E-state index contributed by atoms with van der Waals surface area (Å²) in [5.74, 6) is 0.490. The van der Waals surface area contributed by atoms with Crippen LogP contribution < -0.4 is 10.6 Å². The van der Waals surface area contributed by atoms with Gasteiger partial charge in [-0.05, 0) is 0 Å². The van der Waals surface area contributed by atoms with Crippen LogP contribution in [-0.2, 0) is 50.4 Å². The molecule has 0 atom stereocenters. The van der Waals surface area contributed by atoms with Crippen LogP contribution in [0.3, 0.4) is 0 Å². The van der Waals surface area contributed by atoms with Crippen molar-refractivity contribution in [3.63, 3.8) is 0 Å². The maximum Gasteiger partial charge on any atom is 0.300 e. The molecule has 0 fully saturated rings. The van der Waals surface area contributed by atoms with Gasteiger partial charge in [0.2, 0.25) is 0 Å². The third-order valence-corrected chi connectivity index (χ3v) is 3.97. The predicted octanol–water partition coefficient (Wildman–Crippen LogP) is 1.31. The minimum absolute atomic E-state index is 0. The van der Waals surface area contributed by atoms with E-state index < -0.39 is 5.97 Å². The van der Waals surface area contributed by atoms with Crippen LogP contribution in [0.2, 0.25) is 0 Å². The van der Waals surface area contributed by atoms with Crippen molar-refractivity contribution < 1.29 is 55.5 Å². The fraction of sp³-hybridized carbons (Fsp3) is 0.318. The number of ether oxygens (including phenoxy) is 4. The summed E-state index contributed by atoms with van der Waals surface area (Å²) in [5.41, 5.74) is 0.817. The summed E-state index contributed by atoms with van der Waals surface area (Å²) in [5, 5.41) is 13.5. The van der Waals surface area contributed by atoms with Gasteiger partial charge in [0.1, 0.15) is 23.0 Å². The number of methoxy groups -OCH3 is 4. The Balaban J connectivity index is 0.00000189. The molecule has 0 heterocycles. The molecule has 3 N–H and O–H groups in total. The number of allylic oxidation sites excluding steroid dienone is 6. The zero-order chi connectivity index (χ0) is 24.1. The largest absolute Gasteiger partial charge is 0.496 e. The van der Waals surface area contributed by atoms with Crippen molar-refractivity contribution >= 4 is 17.5 Å². The molecule has 11 heteroatoms. The number of aliphatic carboxylic acids is 1. The normalized spacial score (nSPS) is 17.2. The molecular weight excluding hydrogens is 475 g/mol. The van der Waals surface area contributed by atoms with Crippen molar-refractivity contribution in [3.05, 3.63) is 70.9 Å². The number of ketones is 2. The second-order valence-electron chi connectivity index (χ2n) is 6.20. The SMILES string of the molecule is CC(=O)O.COC1=CC(=O)/C(=C\NCCN/C=C2\C(=O)C=C(OC)C=C2OC)C(OC)=C1.[Mn]. The van der Waals surface area contributed by atoms with Gasteiger partial charge in [-0.3, -0.25) is 14.4 Å².